The second kappa shape index (κ2) is 7.73. The first-order valence-electron chi connectivity index (χ1n) is 8.73. The lowest BCUT2D eigenvalue weighted by atomic mass is 9.79. The summed E-state index contributed by atoms with van der Waals surface area (Å²) >= 11 is 1.67. The molecular weight excluding hydrogens is 310 g/mol. The van der Waals surface area contributed by atoms with Crippen molar-refractivity contribution in [2.75, 3.05) is 32.1 Å². The van der Waals surface area contributed by atoms with Crippen LogP contribution in [-0.2, 0) is 22.4 Å². The van der Waals surface area contributed by atoms with Crippen LogP contribution in [0.15, 0.2) is 0 Å². The van der Waals surface area contributed by atoms with E-state index in [1.807, 2.05) is 0 Å². The molecule has 3 rings (SSSR count). The van der Waals surface area contributed by atoms with Crippen LogP contribution in [0.2, 0.25) is 0 Å². The van der Waals surface area contributed by atoms with Crippen LogP contribution in [0.3, 0.4) is 0 Å². The van der Waals surface area contributed by atoms with E-state index >= 15 is 0 Å². The molecule has 23 heavy (non-hydrogen) atoms. The van der Waals surface area contributed by atoms with Crippen LogP contribution < -0.4 is 10.6 Å². The van der Waals surface area contributed by atoms with Gasteiger partial charge >= 0.3 is 0 Å². The van der Waals surface area contributed by atoms with Crippen LogP contribution >= 0.6 is 11.3 Å². The van der Waals surface area contributed by atoms with Gasteiger partial charge in [-0.15, -0.1) is 11.3 Å². The summed E-state index contributed by atoms with van der Waals surface area (Å²) < 4.78 is 5.35. The smallest absolute Gasteiger partial charge is 0.234 e. The molecule has 0 aromatic carbocycles. The molecule has 0 atom stereocenters. The van der Waals surface area contributed by atoms with Crippen molar-refractivity contribution >= 4 is 22.4 Å². The first-order valence-corrected chi connectivity index (χ1v) is 9.55. The zero-order valence-electron chi connectivity index (χ0n) is 14.0. The number of ether oxygens (including phenoxy) is 1. The van der Waals surface area contributed by atoms with E-state index in [-0.39, 0.29) is 5.91 Å². The Balaban J connectivity index is 1.72. The number of amides is 1. The summed E-state index contributed by atoms with van der Waals surface area (Å²) in [5.74, 6) is 0.0718. The second-order valence-electron chi connectivity index (χ2n) is 6.72. The Kier molecular flexibility index (Phi) is 5.67. The molecule has 1 aliphatic heterocycles. The molecule has 0 unspecified atom stereocenters. The topological polar surface area (TPSA) is 63.2 Å². The Labute approximate surface area is 142 Å². The van der Waals surface area contributed by atoms with Crippen LogP contribution in [0, 0.1) is 5.41 Å². The molecule has 0 radical (unpaired) electrons. The number of carbonyl (C=O) groups excluding carboxylic acids is 1. The molecule has 2 N–H and O–H groups in total. The summed E-state index contributed by atoms with van der Waals surface area (Å²) in [5, 5.41) is 7.19. The van der Waals surface area contributed by atoms with Gasteiger partial charge in [0.1, 0.15) is 0 Å². The van der Waals surface area contributed by atoms with Crippen molar-refractivity contribution in [1.29, 1.82) is 0 Å². The van der Waals surface area contributed by atoms with Gasteiger partial charge in [-0.2, -0.15) is 0 Å². The average Bonchev–Trinajstić information content (AvgIpc) is 2.89. The van der Waals surface area contributed by atoms with Crippen LogP contribution in [-0.4, -0.2) is 37.7 Å². The maximum atomic E-state index is 12.9. The maximum Gasteiger partial charge on any atom is 0.234 e. The summed E-state index contributed by atoms with van der Waals surface area (Å²) in [5.41, 5.74) is 0.788. The molecule has 0 spiro atoms. The predicted molar refractivity (Wildman–Crippen MR) is 93.0 cm³/mol. The lowest BCUT2D eigenvalue weighted by molar-refractivity contribution is -0.130. The van der Waals surface area contributed by atoms with Gasteiger partial charge in [-0.3, -0.25) is 4.79 Å². The number of nitrogens with one attached hydrogen (secondary N) is 2. The van der Waals surface area contributed by atoms with Gasteiger partial charge in [-0.1, -0.05) is 12.8 Å². The van der Waals surface area contributed by atoms with Gasteiger partial charge in [0.2, 0.25) is 5.91 Å². The number of piperidine rings is 1. The Morgan fingerprint density at radius 2 is 2.00 bits per heavy atom. The summed E-state index contributed by atoms with van der Waals surface area (Å²) in [4.78, 5) is 19.0. The molecule has 1 aromatic heterocycles. The third-order valence-corrected chi connectivity index (χ3v) is 6.10. The number of aromatic nitrogens is 1. The minimum Gasteiger partial charge on any atom is -0.384 e. The molecule has 6 heteroatoms. The van der Waals surface area contributed by atoms with E-state index in [1.54, 1.807) is 18.4 Å². The highest BCUT2D eigenvalue weighted by molar-refractivity contribution is 7.15. The highest BCUT2D eigenvalue weighted by Gasteiger charge is 2.40. The number of thiazole rings is 1. The van der Waals surface area contributed by atoms with Crippen molar-refractivity contribution in [2.45, 2.75) is 51.4 Å². The quantitative estimate of drug-likeness (QED) is 0.887. The Morgan fingerprint density at radius 1 is 1.26 bits per heavy atom. The molecule has 0 saturated carbocycles. The fourth-order valence-corrected chi connectivity index (χ4v) is 4.65. The van der Waals surface area contributed by atoms with E-state index in [9.17, 15) is 4.79 Å². The Bertz CT molecular complexity index is 507. The van der Waals surface area contributed by atoms with Gasteiger partial charge < -0.3 is 15.4 Å². The zero-order chi connectivity index (χ0) is 16.1. The number of aryl methyl sites for hydroxylation is 2. The van der Waals surface area contributed by atoms with E-state index in [0.29, 0.717) is 6.61 Å². The molecule has 0 bridgehead atoms. The Morgan fingerprint density at radius 3 is 2.74 bits per heavy atom. The van der Waals surface area contributed by atoms with Crippen molar-refractivity contribution in [3.8, 4) is 0 Å². The maximum absolute atomic E-state index is 12.9. The number of carbonyl (C=O) groups is 1. The summed E-state index contributed by atoms with van der Waals surface area (Å²) in [6, 6.07) is 0. The van der Waals surface area contributed by atoms with Crippen molar-refractivity contribution in [3.63, 3.8) is 0 Å². The molecule has 1 aromatic rings. The molecular formula is C17H27N3O2S. The van der Waals surface area contributed by atoms with Crippen LogP contribution in [0.5, 0.6) is 0 Å². The summed E-state index contributed by atoms with van der Waals surface area (Å²) in [6.07, 6.45) is 8.84. The van der Waals surface area contributed by atoms with Gasteiger partial charge in [-0.25, -0.2) is 4.98 Å². The number of fused-ring (bicyclic) bond motifs is 1. The van der Waals surface area contributed by atoms with E-state index < -0.39 is 5.41 Å². The number of hydrogen-bond donors (Lipinski definition) is 2. The SMILES string of the molecule is COCC1(C(=O)Nc2nc3c(s2)CCCCCC3)CCNCC1. The van der Waals surface area contributed by atoms with E-state index in [0.717, 1.165) is 43.9 Å². The first kappa shape index (κ1) is 16.9. The minimum absolute atomic E-state index is 0.0718. The molecule has 1 amide bonds. The number of rotatable bonds is 4. The first-order chi connectivity index (χ1) is 11.2. The van der Waals surface area contributed by atoms with Gasteiger partial charge in [0, 0.05) is 12.0 Å². The highest BCUT2D eigenvalue weighted by Crippen LogP contribution is 2.33. The van der Waals surface area contributed by atoms with E-state index in [4.69, 9.17) is 9.72 Å². The number of anilines is 1. The molecule has 1 fully saturated rings. The molecule has 5 nitrogen and oxygen atoms in total. The van der Waals surface area contributed by atoms with Crippen molar-refractivity contribution in [3.05, 3.63) is 10.6 Å². The highest BCUT2D eigenvalue weighted by atomic mass is 32.1. The van der Waals surface area contributed by atoms with Gasteiger partial charge in [0.05, 0.1) is 17.7 Å². The fraction of sp³-hybridized carbons (Fsp3) is 0.765. The monoisotopic (exact) mass is 337 g/mol. The third-order valence-electron chi connectivity index (χ3n) is 5.03. The van der Waals surface area contributed by atoms with Crippen molar-refractivity contribution < 1.29 is 9.53 Å². The van der Waals surface area contributed by atoms with Crippen molar-refractivity contribution in [2.24, 2.45) is 5.41 Å². The molecule has 2 aliphatic rings. The van der Waals surface area contributed by atoms with Gasteiger partial charge in [0.15, 0.2) is 5.13 Å². The third kappa shape index (κ3) is 3.92. The molecule has 2 heterocycles. The van der Waals surface area contributed by atoms with Crippen LogP contribution in [0.25, 0.3) is 0 Å². The summed E-state index contributed by atoms with van der Waals surface area (Å²) in [7, 11) is 1.67. The zero-order valence-corrected chi connectivity index (χ0v) is 14.8. The van der Waals surface area contributed by atoms with Crippen LogP contribution in [0.4, 0.5) is 5.13 Å². The number of hydrogen-bond acceptors (Lipinski definition) is 5. The summed E-state index contributed by atoms with van der Waals surface area (Å²) in [6.45, 7) is 2.21. The average molecular weight is 337 g/mol. The number of methoxy groups -OCH3 is 1. The largest absolute Gasteiger partial charge is 0.384 e. The lowest BCUT2D eigenvalue weighted by Crippen LogP contribution is -2.47. The van der Waals surface area contributed by atoms with Crippen LogP contribution in [0.1, 0.15) is 49.1 Å². The normalized spacial score (nSPS) is 21.1. The van der Waals surface area contributed by atoms with Crippen molar-refractivity contribution in [1.82, 2.24) is 10.3 Å². The van der Waals surface area contributed by atoms with Gasteiger partial charge in [0.25, 0.3) is 0 Å². The standard InChI is InChI=1S/C17H27N3O2S/c1-22-12-17(8-10-18-11-9-17)15(21)20-16-19-13-6-4-2-3-5-7-14(13)23-16/h18H,2-12H2,1H3,(H,19,20,21). The molecule has 1 saturated heterocycles. The lowest BCUT2D eigenvalue weighted by Gasteiger charge is -2.35. The fourth-order valence-electron chi connectivity index (χ4n) is 3.61. The molecule has 1 aliphatic carbocycles. The predicted octanol–water partition coefficient (Wildman–Crippen LogP) is 2.76. The Hall–Kier alpha value is -0.980. The minimum atomic E-state index is -0.417. The van der Waals surface area contributed by atoms with Gasteiger partial charge in [-0.05, 0) is 51.6 Å². The molecule has 128 valence electrons. The van der Waals surface area contributed by atoms with E-state index in [1.165, 1.54) is 36.3 Å². The second-order valence-corrected chi connectivity index (χ2v) is 7.80. The number of nitrogens with zero attached hydrogens (tertiary/aromatic N) is 1. The van der Waals surface area contributed by atoms with E-state index in [2.05, 4.69) is 10.6 Å².